The Morgan fingerprint density at radius 2 is 1.62 bits per heavy atom. The standard InChI is InChI=1S/C20H16F4N4O4/c21-14-5-7-15(8-6-14)31-11-16(29)25-9-10-26-18(30)19-27-17(28-32-19)12-1-3-13(4-2-12)20(22,23)24/h1-8H,9-11H2,(H,25,29)(H,26,30). The van der Waals surface area contributed by atoms with Crippen molar-refractivity contribution in [2.24, 2.45) is 0 Å². The summed E-state index contributed by atoms with van der Waals surface area (Å²) in [5.41, 5.74) is -0.581. The SMILES string of the molecule is O=C(COc1ccc(F)cc1)NCCNC(=O)c1nc(-c2ccc(C(F)(F)F)cc2)no1. The molecule has 0 bridgehead atoms. The van der Waals surface area contributed by atoms with E-state index in [4.69, 9.17) is 9.26 Å². The number of carbonyl (C=O) groups is 2. The van der Waals surface area contributed by atoms with Gasteiger partial charge < -0.3 is 19.9 Å². The maximum atomic E-state index is 12.8. The first kappa shape index (κ1) is 22.7. The number of amides is 2. The second-order valence-corrected chi connectivity index (χ2v) is 6.35. The van der Waals surface area contributed by atoms with Crippen molar-refractivity contribution in [1.82, 2.24) is 20.8 Å². The van der Waals surface area contributed by atoms with Crippen molar-refractivity contribution < 1.29 is 36.4 Å². The Kier molecular flexibility index (Phi) is 7.03. The van der Waals surface area contributed by atoms with Gasteiger partial charge in [0.05, 0.1) is 5.56 Å². The monoisotopic (exact) mass is 452 g/mol. The molecular formula is C20H16F4N4O4. The highest BCUT2D eigenvalue weighted by molar-refractivity contribution is 5.89. The van der Waals surface area contributed by atoms with Gasteiger partial charge in [-0.05, 0) is 36.4 Å². The van der Waals surface area contributed by atoms with Crippen LogP contribution in [0.25, 0.3) is 11.4 Å². The summed E-state index contributed by atoms with van der Waals surface area (Å²) in [7, 11) is 0. The predicted molar refractivity (Wildman–Crippen MR) is 102 cm³/mol. The van der Waals surface area contributed by atoms with Crippen molar-refractivity contribution in [2.45, 2.75) is 6.18 Å². The van der Waals surface area contributed by atoms with Crippen LogP contribution in [0, 0.1) is 5.82 Å². The molecule has 0 aliphatic rings. The summed E-state index contributed by atoms with van der Waals surface area (Å²) in [6, 6.07) is 9.23. The van der Waals surface area contributed by atoms with Gasteiger partial charge in [-0.2, -0.15) is 18.2 Å². The topological polar surface area (TPSA) is 106 Å². The van der Waals surface area contributed by atoms with Crippen molar-refractivity contribution in [1.29, 1.82) is 0 Å². The van der Waals surface area contributed by atoms with E-state index in [9.17, 15) is 27.2 Å². The minimum absolute atomic E-state index is 0.0408. The largest absolute Gasteiger partial charge is 0.484 e. The Hall–Kier alpha value is -3.96. The molecule has 1 heterocycles. The molecule has 3 rings (SSSR count). The molecule has 0 aliphatic carbocycles. The first-order chi connectivity index (χ1) is 15.2. The Morgan fingerprint density at radius 3 is 2.28 bits per heavy atom. The number of nitrogens with one attached hydrogen (secondary N) is 2. The summed E-state index contributed by atoms with van der Waals surface area (Å²) >= 11 is 0. The van der Waals surface area contributed by atoms with Crippen LogP contribution in [0.15, 0.2) is 53.1 Å². The second kappa shape index (κ2) is 9.90. The molecule has 0 unspecified atom stereocenters. The van der Waals surface area contributed by atoms with Gasteiger partial charge in [0.1, 0.15) is 11.6 Å². The molecule has 0 radical (unpaired) electrons. The number of aromatic nitrogens is 2. The Bertz CT molecular complexity index is 1070. The minimum Gasteiger partial charge on any atom is -0.484 e. The van der Waals surface area contributed by atoms with Crippen LogP contribution in [0.4, 0.5) is 17.6 Å². The Morgan fingerprint density at radius 1 is 0.969 bits per heavy atom. The maximum Gasteiger partial charge on any atom is 0.416 e. The number of hydrogen-bond donors (Lipinski definition) is 2. The lowest BCUT2D eigenvalue weighted by Crippen LogP contribution is -2.36. The molecule has 2 amide bonds. The number of nitrogens with zero attached hydrogens (tertiary/aromatic N) is 2. The van der Waals surface area contributed by atoms with E-state index in [-0.39, 0.29) is 37.0 Å². The van der Waals surface area contributed by atoms with E-state index in [1.54, 1.807) is 0 Å². The van der Waals surface area contributed by atoms with Gasteiger partial charge in [-0.1, -0.05) is 17.3 Å². The molecule has 168 valence electrons. The van der Waals surface area contributed by atoms with E-state index in [0.717, 1.165) is 12.1 Å². The van der Waals surface area contributed by atoms with Gasteiger partial charge in [0, 0.05) is 18.7 Å². The van der Waals surface area contributed by atoms with Gasteiger partial charge >= 0.3 is 18.0 Å². The van der Waals surface area contributed by atoms with Crippen LogP contribution in [0.3, 0.4) is 0 Å². The first-order valence-electron chi connectivity index (χ1n) is 9.17. The zero-order chi connectivity index (χ0) is 23.1. The van der Waals surface area contributed by atoms with Crippen LogP contribution < -0.4 is 15.4 Å². The normalized spacial score (nSPS) is 11.1. The number of hydrogen-bond acceptors (Lipinski definition) is 6. The highest BCUT2D eigenvalue weighted by Crippen LogP contribution is 2.30. The number of benzene rings is 2. The van der Waals surface area contributed by atoms with E-state index in [1.165, 1.54) is 36.4 Å². The third kappa shape index (κ3) is 6.27. The zero-order valence-corrected chi connectivity index (χ0v) is 16.3. The van der Waals surface area contributed by atoms with Gasteiger partial charge in [-0.3, -0.25) is 9.59 Å². The van der Waals surface area contributed by atoms with Gasteiger partial charge in [-0.25, -0.2) is 4.39 Å². The number of alkyl halides is 3. The van der Waals surface area contributed by atoms with Crippen LogP contribution in [0.2, 0.25) is 0 Å². The highest BCUT2D eigenvalue weighted by Gasteiger charge is 2.30. The number of ether oxygens (including phenoxy) is 1. The predicted octanol–water partition coefficient (Wildman–Crippen LogP) is 2.82. The molecule has 3 aromatic rings. The fourth-order valence-corrected chi connectivity index (χ4v) is 2.43. The quantitative estimate of drug-likeness (QED) is 0.402. The molecule has 8 nitrogen and oxygen atoms in total. The third-order valence-electron chi connectivity index (χ3n) is 4.01. The van der Waals surface area contributed by atoms with Crippen molar-refractivity contribution in [3.63, 3.8) is 0 Å². The summed E-state index contributed by atoms with van der Waals surface area (Å²) < 4.78 is 60.6. The van der Waals surface area contributed by atoms with Gasteiger partial charge in [-0.15, -0.1) is 0 Å². The van der Waals surface area contributed by atoms with Crippen LogP contribution in [-0.2, 0) is 11.0 Å². The van der Waals surface area contributed by atoms with Crippen molar-refractivity contribution in [3.05, 3.63) is 65.8 Å². The third-order valence-corrected chi connectivity index (χ3v) is 4.01. The average molecular weight is 452 g/mol. The molecule has 0 saturated carbocycles. The first-order valence-corrected chi connectivity index (χ1v) is 9.17. The number of rotatable bonds is 8. The van der Waals surface area contributed by atoms with E-state index in [1.807, 2.05) is 0 Å². The summed E-state index contributed by atoms with van der Waals surface area (Å²) in [5, 5.41) is 8.53. The molecule has 0 aliphatic heterocycles. The summed E-state index contributed by atoms with van der Waals surface area (Å²) in [4.78, 5) is 27.6. The summed E-state index contributed by atoms with van der Waals surface area (Å²) in [5.74, 6) is -1.69. The number of halogens is 4. The van der Waals surface area contributed by atoms with Crippen LogP contribution >= 0.6 is 0 Å². The number of carbonyl (C=O) groups excluding carboxylic acids is 2. The smallest absolute Gasteiger partial charge is 0.416 e. The van der Waals surface area contributed by atoms with Crippen molar-refractivity contribution in [2.75, 3.05) is 19.7 Å². The fraction of sp³-hybridized carbons (Fsp3) is 0.200. The highest BCUT2D eigenvalue weighted by atomic mass is 19.4. The van der Waals surface area contributed by atoms with Gasteiger partial charge in [0.25, 0.3) is 5.91 Å². The summed E-state index contributed by atoms with van der Waals surface area (Å²) in [6.45, 7) is -0.171. The second-order valence-electron chi connectivity index (χ2n) is 6.35. The molecular weight excluding hydrogens is 436 g/mol. The molecule has 0 fully saturated rings. The molecule has 2 N–H and O–H groups in total. The van der Waals surface area contributed by atoms with Gasteiger partial charge in [0.2, 0.25) is 5.82 Å². The van der Waals surface area contributed by atoms with Crippen LogP contribution in [-0.4, -0.2) is 41.7 Å². The van der Waals surface area contributed by atoms with Crippen molar-refractivity contribution in [3.8, 4) is 17.1 Å². The molecule has 0 atom stereocenters. The minimum atomic E-state index is -4.47. The molecule has 32 heavy (non-hydrogen) atoms. The molecule has 2 aromatic carbocycles. The zero-order valence-electron chi connectivity index (χ0n) is 16.3. The summed E-state index contributed by atoms with van der Waals surface area (Å²) in [6.07, 6.45) is -4.47. The maximum absolute atomic E-state index is 12.8. The molecule has 0 spiro atoms. The van der Waals surface area contributed by atoms with Gasteiger partial charge in [0.15, 0.2) is 6.61 Å². The average Bonchev–Trinajstić information content (AvgIpc) is 3.26. The Labute approximate surface area is 178 Å². The molecule has 0 saturated heterocycles. The van der Waals surface area contributed by atoms with Crippen LogP contribution in [0.5, 0.6) is 5.75 Å². The van der Waals surface area contributed by atoms with Crippen molar-refractivity contribution >= 4 is 11.8 Å². The van der Waals surface area contributed by atoms with E-state index in [2.05, 4.69) is 20.8 Å². The van der Waals surface area contributed by atoms with E-state index in [0.29, 0.717) is 5.75 Å². The van der Waals surface area contributed by atoms with Crippen LogP contribution in [0.1, 0.15) is 16.2 Å². The lowest BCUT2D eigenvalue weighted by molar-refractivity contribution is -0.137. The molecule has 12 heteroatoms. The fourth-order valence-electron chi connectivity index (χ4n) is 2.43. The lowest BCUT2D eigenvalue weighted by Gasteiger charge is -2.07. The molecule has 1 aromatic heterocycles. The lowest BCUT2D eigenvalue weighted by atomic mass is 10.1. The van der Waals surface area contributed by atoms with E-state index >= 15 is 0 Å². The van der Waals surface area contributed by atoms with E-state index < -0.39 is 29.4 Å². The Balaban J connectivity index is 1.41.